The van der Waals surface area contributed by atoms with Gasteiger partial charge in [0.2, 0.25) is 0 Å². The summed E-state index contributed by atoms with van der Waals surface area (Å²) in [7, 11) is -3.54. The van der Waals surface area contributed by atoms with Crippen molar-refractivity contribution in [1.29, 1.82) is 0 Å². The van der Waals surface area contributed by atoms with Gasteiger partial charge < -0.3 is 9.42 Å². The van der Waals surface area contributed by atoms with E-state index in [9.17, 15) is 9.46 Å². The van der Waals surface area contributed by atoms with Crippen LogP contribution in [-0.2, 0) is 9.09 Å². The van der Waals surface area contributed by atoms with E-state index < -0.39 is 7.60 Å². The summed E-state index contributed by atoms with van der Waals surface area (Å²) in [4.78, 5) is 9.23. The molecule has 4 heteroatoms. The summed E-state index contributed by atoms with van der Waals surface area (Å²) < 4.78 is 16.4. The van der Waals surface area contributed by atoms with Gasteiger partial charge in [0.1, 0.15) is 0 Å². The van der Waals surface area contributed by atoms with Crippen molar-refractivity contribution in [2.45, 2.75) is 52.1 Å². The molecule has 0 fully saturated rings. The second kappa shape index (κ2) is 7.22. The lowest BCUT2D eigenvalue weighted by Gasteiger charge is -2.18. The molecular weight excluding hydrogens is 199 g/mol. The minimum absolute atomic E-state index is 0.103. The van der Waals surface area contributed by atoms with Crippen LogP contribution in [0.4, 0.5) is 0 Å². The van der Waals surface area contributed by atoms with Crippen molar-refractivity contribution in [3.8, 4) is 0 Å². The maximum atomic E-state index is 11.2. The van der Waals surface area contributed by atoms with Crippen molar-refractivity contribution in [1.82, 2.24) is 0 Å². The van der Waals surface area contributed by atoms with Crippen LogP contribution >= 0.6 is 7.60 Å². The quantitative estimate of drug-likeness (QED) is 0.634. The SMILES string of the molecule is C=CP(=O)(O)OC(CCC)CCCC. The van der Waals surface area contributed by atoms with Crippen LogP contribution < -0.4 is 0 Å². The predicted molar refractivity (Wildman–Crippen MR) is 59.3 cm³/mol. The largest absolute Gasteiger partial charge is 0.351 e. The highest BCUT2D eigenvalue weighted by Gasteiger charge is 2.20. The average molecular weight is 220 g/mol. The molecular formula is C10H21O3P. The number of hydrogen-bond donors (Lipinski definition) is 1. The van der Waals surface area contributed by atoms with Gasteiger partial charge in [-0.05, 0) is 12.8 Å². The smallest absolute Gasteiger partial charge is 0.321 e. The summed E-state index contributed by atoms with van der Waals surface area (Å²) in [6, 6.07) is 0. The van der Waals surface area contributed by atoms with Gasteiger partial charge in [0.15, 0.2) is 0 Å². The number of hydrogen-bond acceptors (Lipinski definition) is 2. The van der Waals surface area contributed by atoms with Crippen LogP contribution in [0.1, 0.15) is 46.0 Å². The Morgan fingerprint density at radius 2 is 2.07 bits per heavy atom. The lowest BCUT2D eigenvalue weighted by molar-refractivity contribution is 0.158. The molecule has 3 nitrogen and oxygen atoms in total. The van der Waals surface area contributed by atoms with Gasteiger partial charge in [0, 0.05) is 5.82 Å². The van der Waals surface area contributed by atoms with Gasteiger partial charge in [-0.15, -0.1) is 0 Å². The third-order valence-corrected chi connectivity index (χ3v) is 3.08. The molecule has 84 valence electrons. The zero-order valence-electron chi connectivity index (χ0n) is 9.11. The normalized spacial score (nSPS) is 17.4. The molecule has 0 saturated carbocycles. The van der Waals surface area contributed by atoms with Crippen LogP contribution in [0, 0.1) is 0 Å². The first-order chi connectivity index (χ1) is 6.55. The van der Waals surface area contributed by atoms with E-state index in [1.54, 1.807) is 0 Å². The third kappa shape index (κ3) is 6.36. The van der Waals surface area contributed by atoms with Gasteiger partial charge in [-0.3, -0.25) is 4.57 Å². The monoisotopic (exact) mass is 220 g/mol. The highest BCUT2D eigenvalue weighted by Crippen LogP contribution is 2.45. The molecule has 0 bridgehead atoms. The van der Waals surface area contributed by atoms with Gasteiger partial charge in [-0.25, -0.2) is 0 Å². The van der Waals surface area contributed by atoms with Crippen molar-refractivity contribution < 1.29 is 14.0 Å². The van der Waals surface area contributed by atoms with Crippen molar-refractivity contribution in [2.75, 3.05) is 0 Å². The Morgan fingerprint density at radius 1 is 1.43 bits per heavy atom. The van der Waals surface area contributed by atoms with E-state index in [0.717, 1.165) is 37.9 Å². The van der Waals surface area contributed by atoms with E-state index in [-0.39, 0.29) is 6.10 Å². The molecule has 0 aliphatic rings. The molecule has 0 aromatic rings. The van der Waals surface area contributed by atoms with Crippen LogP contribution in [0.5, 0.6) is 0 Å². The van der Waals surface area contributed by atoms with E-state index in [1.165, 1.54) is 0 Å². The summed E-state index contributed by atoms with van der Waals surface area (Å²) in [5.41, 5.74) is 0. The second-order valence-electron chi connectivity index (χ2n) is 3.41. The van der Waals surface area contributed by atoms with Crippen LogP contribution in [0.15, 0.2) is 12.4 Å². The summed E-state index contributed by atoms with van der Waals surface area (Å²) in [5, 5.41) is 0. The Labute approximate surface area is 86.7 Å². The molecule has 2 atom stereocenters. The number of rotatable bonds is 8. The van der Waals surface area contributed by atoms with Crippen LogP contribution in [0.25, 0.3) is 0 Å². The Morgan fingerprint density at radius 3 is 2.50 bits per heavy atom. The van der Waals surface area contributed by atoms with E-state index >= 15 is 0 Å². The zero-order valence-corrected chi connectivity index (χ0v) is 10.0. The van der Waals surface area contributed by atoms with Crippen LogP contribution in [0.2, 0.25) is 0 Å². The minimum atomic E-state index is -3.54. The van der Waals surface area contributed by atoms with Crippen molar-refractivity contribution in [2.24, 2.45) is 0 Å². The maximum Gasteiger partial charge on any atom is 0.351 e. The first-order valence-electron chi connectivity index (χ1n) is 5.20. The molecule has 1 N–H and O–H groups in total. The molecule has 0 aliphatic carbocycles. The predicted octanol–water partition coefficient (Wildman–Crippen LogP) is 3.69. The molecule has 0 radical (unpaired) electrons. The second-order valence-corrected chi connectivity index (χ2v) is 5.11. The molecule has 0 aromatic carbocycles. The fourth-order valence-corrected chi connectivity index (χ4v) is 1.98. The van der Waals surface area contributed by atoms with E-state index in [0.29, 0.717) is 0 Å². The Hall–Kier alpha value is -0.110. The molecule has 0 spiro atoms. The molecule has 0 heterocycles. The third-order valence-electron chi connectivity index (χ3n) is 2.02. The minimum Gasteiger partial charge on any atom is -0.321 e. The van der Waals surface area contributed by atoms with E-state index in [1.807, 2.05) is 6.92 Å². The topological polar surface area (TPSA) is 46.5 Å². The van der Waals surface area contributed by atoms with Gasteiger partial charge in [-0.2, -0.15) is 0 Å². The average Bonchev–Trinajstić information content (AvgIpc) is 2.14. The van der Waals surface area contributed by atoms with Crippen LogP contribution in [0.3, 0.4) is 0 Å². The molecule has 0 rings (SSSR count). The first-order valence-corrected chi connectivity index (χ1v) is 6.84. The molecule has 14 heavy (non-hydrogen) atoms. The molecule has 0 amide bonds. The summed E-state index contributed by atoms with van der Waals surface area (Å²) in [6.45, 7) is 7.42. The van der Waals surface area contributed by atoms with Gasteiger partial charge in [-0.1, -0.05) is 39.7 Å². The standard InChI is InChI=1S/C10H21O3P/c1-4-7-9-10(8-5-2)13-14(11,12)6-3/h6,10H,3-5,7-9H2,1-2H3,(H,11,12). The lowest BCUT2D eigenvalue weighted by Crippen LogP contribution is -2.10. The highest BCUT2D eigenvalue weighted by atomic mass is 31.2. The Bertz CT molecular complexity index is 204. The molecule has 0 aliphatic heterocycles. The molecule has 2 unspecified atom stereocenters. The fraction of sp³-hybridized carbons (Fsp3) is 0.800. The lowest BCUT2D eigenvalue weighted by atomic mass is 10.1. The molecule has 0 saturated heterocycles. The maximum absolute atomic E-state index is 11.2. The van der Waals surface area contributed by atoms with Crippen molar-refractivity contribution in [3.05, 3.63) is 12.4 Å². The fourth-order valence-electron chi connectivity index (χ4n) is 1.26. The van der Waals surface area contributed by atoms with Gasteiger partial charge in [0.25, 0.3) is 0 Å². The summed E-state index contributed by atoms with van der Waals surface area (Å²) in [5.74, 6) is 1.00. The van der Waals surface area contributed by atoms with Gasteiger partial charge in [0.05, 0.1) is 6.10 Å². The zero-order chi connectivity index (χ0) is 11.0. The Balaban J connectivity index is 4.07. The van der Waals surface area contributed by atoms with E-state index in [4.69, 9.17) is 4.52 Å². The summed E-state index contributed by atoms with van der Waals surface area (Å²) in [6.07, 6.45) is 4.65. The Kier molecular flexibility index (Phi) is 7.16. The highest BCUT2D eigenvalue weighted by molar-refractivity contribution is 7.56. The molecule has 0 aromatic heterocycles. The van der Waals surface area contributed by atoms with Crippen LogP contribution in [-0.4, -0.2) is 11.0 Å². The van der Waals surface area contributed by atoms with E-state index in [2.05, 4.69) is 13.5 Å². The van der Waals surface area contributed by atoms with Crippen molar-refractivity contribution >= 4 is 7.60 Å². The summed E-state index contributed by atoms with van der Waals surface area (Å²) >= 11 is 0. The van der Waals surface area contributed by atoms with Crippen molar-refractivity contribution in [3.63, 3.8) is 0 Å². The van der Waals surface area contributed by atoms with Gasteiger partial charge >= 0.3 is 7.60 Å². The number of unbranched alkanes of at least 4 members (excludes halogenated alkanes) is 1. The first kappa shape index (κ1) is 13.9.